The molecule has 0 fully saturated rings. The van der Waals surface area contributed by atoms with Gasteiger partial charge in [0.1, 0.15) is 0 Å². The highest BCUT2D eigenvalue weighted by molar-refractivity contribution is 9.11. The van der Waals surface area contributed by atoms with Gasteiger partial charge in [-0.05, 0) is 53.0 Å². The summed E-state index contributed by atoms with van der Waals surface area (Å²) in [6.45, 7) is 3.19. The van der Waals surface area contributed by atoms with Gasteiger partial charge in [-0.1, -0.05) is 34.1 Å². The van der Waals surface area contributed by atoms with Crippen LogP contribution in [0.1, 0.15) is 23.4 Å². The van der Waals surface area contributed by atoms with Gasteiger partial charge in [-0.25, -0.2) is 0 Å². The van der Waals surface area contributed by atoms with Gasteiger partial charge in [0, 0.05) is 21.9 Å². The van der Waals surface area contributed by atoms with Crippen LogP contribution in [0, 0.1) is 0 Å². The number of hydrogen-bond donors (Lipinski definition) is 1. The van der Waals surface area contributed by atoms with Crippen LogP contribution in [-0.2, 0) is 6.42 Å². The van der Waals surface area contributed by atoms with Gasteiger partial charge in [-0.2, -0.15) is 0 Å². The minimum atomic E-state index is 0.365. The first-order chi connectivity index (χ1) is 8.66. The monoisotopic (exact) mass is 387 g/mol. The van der Waals surface area contributed by atoms with Gasteiger partial charge in [0.2, 0.25) is 0 Å². The van der Waals surface area contributed by atoms with Crippen molar-refractivity contribution in [3.8, 4) is 0 Å². The zero-order valence-corrected chi connectivity index (χ0v) is 14.1. The standard InChI is InChI=1S/C14H15Br2NS/c1-10(12-4-2-3-5-13(12)15)17-9-8-11-6-7-14(16)18-11/h2-7,10,17H,8-9H2,1H3. The van der Waals surface area contributed by atoms with Gasteiger partial charge >= 0.3 is 0 Å². The van der Waals surface area contributed by atoms with Crippen molar-refractivity contribution >= 4 is 43.2 Å². The highest BCUT2D eigenvalue weighted by atomic mass is 79.9. The molecular weight excluding hydrogens is 374 g/mol. The van der Waals surface area contributed by atoms with Crippen molar-refractivity contribution in [2.24, 2.45) is 0 Å². The van der Waals surface area contributed by atoms with Crippen LogP contribution in [0.5, 0.6) is 0 Å². The number of rotatable bonds is 5. The third-order valence-corrected chi connectivity index (χ3v) is 5.23. The van der Waals surface area contributed by atoms with Gasteiger partial charge in [-0.15, -0.1) is 11.3 Å². The second kappa shape index (κ2) is 6.85. The van der Waals surface area contributed by atoms with Crippen LogP contribution in [0.2, 0.25) is 0 Å². The van der Waals surface area contributed by atoms with Crippen molar-refractivity contribution in [3.05, 3.63) is 55.1 Å². The highest BCUT2D eigenvalue weighted by Crippen LogP contribution is 2.24. The molecule has 1 unspecified atom stereocenters. The molecule has 0 radical (unpaired) electrons. The number of benzene rings is 1. The highest BCUT2D eigenvalue weighted by Gasteiger charge is 2.07. The van der Waals surface area contributed by atoms with E-state index in [-0.39, 0.29) is 0 Å². The third kappa shape index (κ3) is 3.92. The Kier molecular flexibility index (Phi) is 5.42. The quantitative estimate of drug-likeness (QED) is 0.745. The van der Waals surface area contributed by atoms with E-state index in [1.165, 1.54) is 18.7 Å². The van der Waals surface area contributed by atoms with Crippen LogP contribution in [-0.4, -0.2) is 6.54 Å². The summed E-state index contributed by atoms with van der Waals surface area (Å²) in [5, 5.41) is 3.56. The van der Waals surface area contributed by atoms with E-state index in [2.05, 4.69) is 74.4 Å². The van der Waals surface area contributed by atoms with Crippen LogP contribution in [0.4, 0.5) is 0 Å². The van der Waals surface area contributed by atoms with E-state index >= 15 is 0 Å². The zero-order chi connectivity index (χ0) is 13.0. The smallest absolute Gasteiger partial charge is 0.0701 e. The number of thiophene rings is 1. The second-order valence-corrected chi connectivity index (χ2v) is 7.56. The second-order valence-electron chi connectivity index (χ2n) is 4.15. The Labute approximate surface area is 129 Å². The van der Waals surface area contributed by atoms with Crippen molar-refractivity contribution in [1.82, 2.24) is 5.32 Å². The maximum atomic E-state index is 3.59. The minimum absolute atomic E-state index is 0.365. The van der Waals surface area contributed by atoms with Crippen molar-refractivity contribution in [2.75, 3.05) is 6.54 Å². The van der Waals surface area contributed by atoms with Crippen molar-refractivity contribution < 1.29 is 0 Å². The summed E-state index contributed by atoms with van der Waals surface area (Å²) >= 11 is 8.89. The Bertz CT molecular complexity index is 510. The largest absolute Gasteiger partial charge is 0.310 e. The normalized spacial score (nSPS) is 12.6. The van der Waals surface area contributed by atoms with Crippen LogP contribution in [0.15, 0.2) is 44.7 Å². The summed E-state index contributed by atoms with van der Waals surface area (Å²) in [7, 11) is 0. The predicted octanol–water partition coefficient (Wildman–Crippen LogP) is 5.17. The molecule has 18 heavy (non-hydrogen) atoms. The molecule has 2 rings (SSSR count). The number of halogens is 2. The molecular formula is C14H15Br2NS. The molecule has 4 heteroatoms. The zero-order valence-electron chi connectivity index (χ0n) is 10.1. The fourth-order valence-electron chi connectivity index (χ4n) is 1.83. The Balaban J connectivity index is 1.85. The summed E-state index contributed by atoms with van der Waals surface area (Å²) in [5.74, 6) is 0. The number of hydrogen-bond acceptors (Lipinski definition) is 2. The summed E-state index contributed by atoms with van der Waals surface area (Å²) < 4.78 is 2.38. The van der Waals surface area contributed by atoms with Gasteiger partial charge in [0.05, 0.1) is 3.79 Å². The van der Waals surface area contributed by atoms with Crippen molar-refractivity contribution in [1.29, 1.82) is 0 Å². The molecule has 2 aromatic rings. The van der Waals surface area contributed by atoms with Crippen molar-refractivity contribution in [3.63, 3.8) is 0 Å². The summed E-state index contributed by atoms with van der Waals surface area (Å²) in [6.07, 6.45) is 1.07. The fraction of sp³-hybridized carbons (Fsp3) is 0.286. The maximum absolute atomic E-state index is 3.59. The van der Waals surface area contributed by atoms with Gasteiger partial charge < -0.3 is 5.32 Å². The van der Waals surface area contributed by atoms with Crippen LogP contribution >= 0.6 is 43.2 Å². The molecule has 1 nitrogen and oxygen atoms in total. The summed E-state index contributed by atoms with van der Waals surface area (Å²) in [5.41, 5.74) is 1.31. The molecule has 1 atom stereocenters. The van der Waals surface area contributed by atoms with Crippen LogP contribution in [0.25, 0.3) is 0 Å². The average molecular weight is 389 g/mol. The topological polar surface area (TPSA) is 12.0 Å². The lowest BCUT2D eigenvalue weighted by atomic mass is 10.1. The van der Waals surface area contributed by atoms with Crippen LogP contribution < -0.4 is 5.32 Å². The predicted molar refractivity (Wildman–Crippen MR) is 86.3 cm³/mol. The van der Waals surface area contributed by atoms with E-state index in [1.54, 1.807) is 11.3 Å². The lowest BCUT2D eigenvalue weighted by Gasteiger charge is -2.15. The maximum Gasteiger partial charge on any atom is 0.0701 e. The first kappa shape index (κ1) is 14.3. The average Bonchev–Trinajstić information content (AvgIpc) is 2.75. The van der Waals surface area contributed by atoms with E-state index in [4.69, 9.17) is 0 Å². The van der Waals surface area contributed by atoms with E-state index in [1.807, 2.05) is 6.07 Å². The Morgan fingerprint density at radius 2 is 1.94 bits per heavy atom. The molecule has 1 heterocycles. The molecule has 0 amide bonds. The van der Waals surface area contributed by atoms with Crippen molar-refractivity contribution in [2.45, 2.75) is 19.4 Å². The van der Waals surface area contributed by atoms with E-state index in [0.717, 1.165) is 13.0 Å². The lowest BCUT2D eigenvalue weighted by molar-refractivity contribution is 0.577. The Morgan fingerprint density at radius 3 is 2.61 bits per heavy atom. The van der Waals surface area contributed by atoms with Crippen LogP contribution in [0.3, 0.4) is 0 Å². The third-order valence-electron chi connectivity index (χ3n) is 2.82. The van der Waals surface area contributed by atoms with Gasteiger partial charge in [0.25, 0.3) is 0 Å². The van der Waals surface area contributed by atoms with Gasteiger partial charge in [-0.3, -0.25) is 0 Å². The Morgan fingerprint density at radius 1 is 1.17 bits per heavy atom. The molecule has 1 aromatic carbocycles. The van der Waals surface area contributed by atoms with E-state index < -0.39 is 0 Å². The molecule has 0 aliphatic rings. The fourth-order valence-corrected chi connectivity index (χ4v) is 3.95. The minimum Gasteiger partial charge on any atom is -0.310 e. The molecule has 0 saturated heterocycles. The first-order valence-corrected chi connectivity index (χ1v) is 8.29. The molecule has 0 aliphatic carbocycles. The van der Waals surface area contributed by atoms with Gasteiger partial charge in [0.15, 0.2) is 0 Å². The Hall–Kier alpha value is -0.160. The number of nitrogens with one attached hydrogen (secondary N) is 1. The molecule has 96 valence electrons. The molecule has 0 saturated carbocycles. The SMILES string of the molecule is CC(NCCc1ccc(Br)s1)c1ccccc1Br. The van der Waals surface area contributed by atoms with E-state index in [0.29, 0.717) is 6.04 Å². The summed E-state index contributed by atoms with van der Waals surface area (Å²) in [6, 6.07) is 13.0. The molecule has 1 aromatic heterocycles. The molecule has 1 N–H and O–H groups in total. The molecule has 0 aliphatic heterocycles. The lowest BCUT2D eigenvalue weighted by Crippen LogP contribution is -2.21. The molecule has 0 bridgehead atoms. The first-order valence-electron chi connectivity index (χ1n) is 5.89. The summed E-state index contributed by atoms with van der Waals surface area (Å²) in [4.78, 5) is 1.41. The van der Waals surface area contributed by atoms with E-state index in [9.17, 15) is 0 Å². The molecule has 0 spiro atoms.